The summed E-state index contributed by atoms with van der Waals surface area (Å²) in [7, 11) is 1.62. The van der Waals surface area contributed by atoms with Crippen LogP contribution in [0.4, 0.5) is 5.69 Å². The summed E-state index contributed by atoms with van der Waals surface area (Å²) in [6.07, 6.45) is 5.31. The van der Waals surface area contributed by atoms with E-state index >= 15 is 0 Å². The predicted molar refractivity (Wildman–Crippen MR) is 105 cm³/mol. The van der Waals surface area contributed by atoms with Crippen LogP contribution in [0.2, 0.25) is 0 Å². The van der Waals surface area contributed by atoms with Crippen LogP contribution in [0.15, 0.2) is 54.6 Å². The fraction of sp³-hybridized carbons (Fsp3) is 0.200. The number of aryl methyl sites for hydroxylation is 1. The number of carbonyl (C=O) groups excluding carboxylic acids is 1. The van der Waals surface area contributed by atoms with E-state index in [2.05, 4.69) is 11.4 Å². The zero-order valence-electron chi connectivity index (χ0n) is 14.1. The van der Waals surface area contributed by atoms with Gasteiger partial charge < -0.3 is 9.64 Å². The Morgan fingerprint density at radius 2 is 1.96 bits per heavy atom. The molecular formula is C20H20N2O2S. The Bertz CT molecular complexity index is 800. The third kappa shape index (κ3) is 4.25. The molecule has 0 aromatic heterocycles. The summed E-state index contributed by atoms with van der Waals surface area (Å²) in [6, 6.07) is 15.7. The van der Waals surface area contributed by atoms with E-state index in [1.807, 2.05) is 47.4 Å². The number of hydrogen-bond donors (Lipinski definition) is 1. The van der Waals surface area contributed by atoms with Gasteiger partial charge in [-0.2, -0.15) is 0 Å². The number of hydrogen-bond acceptors (Lipinski definition) is 3. The normalized spacial score (nSPS) is 13.4. The largest absolute Gasteiger partial charge is 0.497 e. The molecule has 3 rings (SSSR count). The van der Waals surface area contributed by atoms with E-state index in [0.717, 1.165) is 36.4 Å². The van der Waals surface area contributed by atoms with Crippen molar-refractivity contribution in [3.63, 3.8) is 0 Å². The summed E-state index contributed by atoms with van der Waals surface area (Å²) in [4.78, 5) is 14.2. The zero-order chi connectivity index (χ0) is 17.6. The molecule has 0 radical (unpaired) electrons. The van der Waals surface area contributed by atoms with Crippen molar-refractivity contribution < 1.29 is 9.53 Å². The summed E-state index contributed by atoms with van der Waals surface area (Å²) < 4.78 is 5.12. The monoisotopic (exact) mass is 352 g/mol. The minimum atomic E-state index is -0.233. The van der Waals surface area contributed by atoms with Gasteiger partial charge in [0.1, 0.15) is 5.75 Å². The van der Waals surface area contributed by atoms with E-state index in [-0.39, 0.29) is 5.91 Å². The fourth-order valence-electron chi connectivity index (χ4n) is 2.85. The number of carbonyl (C=O) groups is 1. The van der Waals surface area contributed by atoms with E-state index in [1.54, 1.807) is 13.2 Å². The first-order valence-electron chi connectivity index (χ1n) is 8.20. The molecular weight excluding hydrogens is 332 g/mol. The summed E-state index contributed by atoms with van der Waals surface area (Å²) in [6.45, 7) is 0.818. The number of anilines is 1. The maximum absolute atomic E-state index is 12.2. The molecule has 4 nitrogen and oxygen atoms in total. The van der Waals surface area contributed by atoms with Gasteiger partial charge in [-0.1, -0.05) is 30.3 Å². The van der Waals surface area contributed by atoms with Crippen LogP contribution < -0.4 is 15.0 Å². The second-order valence-electron chi connectivity index (χ2n) is 5.78. The number of amides is 1. The molecule has 5 heteroatoms. The Hall–Kier alpha value is -2.66. The summed E-state index contributed by atoms with van der Waals surface area (Å²) in [5, 5.41) is 3.23. The van der Waals surface area contributed by atoms with Gasteiger partial charge in [0, 0.05) is 18.3 Å². The Morgan fingerprint density at radius 3 is 2.72 bits per heavy atom. The van der Waals surface area contributed by atoms with Crippen molar-refractivity contribution in [2.75, 3.05) is 18.6 Å². The average Bonchev–Trinajstić information content (AvgIpc) is 2.66. The van der Waals surface area contributed by atoms with Gasteiger partial charge in [0.25, 0.3) is 0 Å². The van der Waals surface area contributed by atoms with Crippen molar-refractivity contribution in [3.05, 3.63) is 65.7 Å². The molecule has 0 unspecified atom stereocenters. The molecule has 128 valence electrons. The first-order chi connectivity index (χ1) is 12.2. The first-order valence-corrected chi connectivity index (χ1v) is 8.61. The highest BCUT2D eigenvalue weighted by Gasteiger charge is 2.20. The lowest BCUT2D eigenvalue weighted by atomic mass is 10.0. The maximum atomic E-state index is 12.2. The molecule has 1 heterocycles. The quantitative estimate of drug-likeness (QED) is 0.677. The van der Waals surface area contributed by atoms with Gasteiger partial charge in [-0.15, -0.1) is 0 Å². The SMILES string of the molecule is COc1ccc(/C=C/C(=O)NC(=S)N2CCCc3ccccc32)cc1. The van der Waals surface area contributed by atoms with Crippen LogP contribution in [-0.2, 0) is 11.2 Å². The maximum Gasteiger partial charge on any atom is 0.250 e. The van der Waals surface area contributed by atoms with Crippen LogP contribution >= 0.6 is 12.2 Å². The van der Waals surface area contributed by atoms with Gasteiger partial charge >= 0.3 is 0 Å². The number of ether oxygens (including phenoxy) is 1. The van der Waals surface area contributed by atoms with E-state index in [9.17, 15) is 4.79 Å². The lowest BCUT2D eigenvalue weighted by molar-refractivity contribution is -0.115. The number of benzene rings is 2. The molecule has 0 saturated heterocycles. The molecule has 2 aromatic carbocycles. The highest BCUT2D eigenvalue weighted by atomic mass is 32.1. The number of methoxy groups -OCH3 is 1. The van der Waals surface area contributed by atoms with Gasteiger partial charge in [-0.3, -0.25) is 10.1 Å². The molecule has 1 N–H and O–H groups in total. The van der Waals surface area contributed by atoms with Crippen molar-refractivity contribution in [1.82, 2.24) is 5.32 Å². The Balaban J connectivity index is 1.63. The average molecular weight is 352 g/mol. The van der Waals surface area contributed by atoms with Crippen LogP contribution in [0.5, 0.6) is 5.75 Å². The van der Waals surface area contributed by atoms with E-state index in [0.29, 0.717) is 5.11 Å². The Labute approximate surface area is 153 Å². The molecule has 2 aromatic rings. The third-order valence-corrected chi connectivity index (χ3v) is 4.45. The van der Waals surface area contributed by atoms with Crippen LogP contribution in [0.1, 0.15) is 17.5 Å². The number of nitrogens with one attached hydrogen (secondary N) is 1. The molecule has 1 aliphatic heterocycles. The molecule has 0 atom stereocenters. The predicted octanol–water partition coefficient (Wildman–Crippen LogP) is 3.56. The Morgan fingerprint density at radius 1 is 1.20 bits per heavy atom. The number of nitrogens with zero attached hydrogens (tertiary/aromatic N) is 1. The zero-order valence-corrected chi connectivity index (χ0v) is 14.9. The summed E-state index contributed by atoms with van der Waals surface area (Å²) in [5.74, 6) is 0.551. The number of thiocarbonyl (C=S) groups is 1. The highest BCUT2D eigenvalue weighted by Crippen LogP contribution is 2.26. The second-order valence-corrected chi connectivity index (χ2v) is 6.17. The third-order valence-electron chi connectivity index (χ3n) is 4.13. The van der Waals surface area contributed by atoms with E-state index < -0.39 is 0 Å². The van der Waals surface area contributed by atoms with Crippen LogP contribution in [0.3, 0.4) is 0 Å². The molecule has 0 saturated carbocycles. The standard InChI is InChI=1S/C20H20N2O2S/c1-24-17-11-8-15(9-12-17)10-13-19(23)21-20(25)22-14-4-6-16-5-2-3-7-18(16)22/h2-3,5,7-13H,4,6,14H2,1H3,(H,21,23,25)/b13-10+. The van der Waals surface area contributed by atoms with E-state index in [1.165, 1.54) is 11.6 Å². The van der Waals surface area contributed by atoms with Crippen LogP contribution in [0, 0.1) is 0 Å². The van der Waals surface area contributed by atoms with Crippen LogP contribution in [0.25, 0.3) is 6.08 Å². The van der Waals surface area contributed by atoms with Crippen LogP contribution in [-0.4, -0.2) is 24.7 Å². The molecule has 1 amide bonds. The summed E-state index contributed by atoms with van der Waals surface area (Å²) >= 11 is 5.43. The first kappa shape index (κ1) is 17.2. The van der Waals surface area contributed by atoms with Crippen molar-refractivity contribution >= 4 is 35.0 Å². The highest BCUT2D eigenvalue weighted by molar-refractivity contribution is 7.80. The lowest BCUT2D eigenvalue weighted by Crippen LogP contribution is -2.44. The topological polar surface area (TPSA) is 41.6 Å². The minimum absolute atomic E-state index is 0.233. The van der Waals surface area contributed by atoms with Crippen molar-refractivity contribution in [2.24, 2.45) is 0 Å². The lowest BCUT2D eigenvalue weighted by Gasteiger charge is -2.31. The van der Waals surface area contributed by atoms with Gasteiger partial charge in [0.05, 0.1) is 7.11 Å². The Kier molecular flexibility index (Phi) is 5.46. The fourth-order valence-corrected chi connectivity index (χ4v) is 3.14. The molecule has 0 bridgehead atoms. The van der Waals surface area contributed by atoms with Crippen molar-refractivity contribution in [2.45, 2.75) is 12.8 Å². The summed E-state index contributed by atoms with van der Waals surface area (Å²) in [5.41, 5.74) is 3.27. The van der Waals surface area contributed by atoms with Gasteiger partial charge in [0.15, 0.2) is 5.11 Å². The number of fused-ring (bicyclic) bond motifs is 1. The molecule has 0 fully saturated rings. The second kappa shape index (κ2) is 7.94. The number of para-hydroxylation sites is 1. The minimum Gasteiger partial charge on any atom is -0.497 e. The van der Waals surface area contributed by atoms with Gasteiger partial charge in [0.2, 0.25) is 5.91 Å². The van der Waals surface area contributed by atoms with Crippen molar-refractivity contribution in [3.8, 4) is 5.75 Å². The molecule has 1 aliphatic rings. The van der Waals surface area contributed by atoms with Gasteiger partial charge in [-0.05, 0) is 60.5 Å². The molecule has 0 spiro atoms. The van der Waals surface area contributed by atoms with Crippen molar-refractivity contribution in [1.29, 1.82) is 0 Å². The molecule has 0 aliphatic carbocycles. The smallest absolute Gasteiger partial charge is 0.250 e. The van der Waals surface area contributed by atoms with E-state index in [4.69, 9.17) is 17.0 Å². The molecule has 25 heavy (non-hydrogen) atoms. The van der Waals surface area contributed by atoms with Gasteiger partial charge in [-0.25, -0.2) is 0 Å². The number of rotatable bonds is 3.